The summed E-state index contributed by atoms with van der Waals surface area (Å²) in [6, 6.07) is 12.4. The van der Waals surface area contributed by atoms with E-state index in [0.29, 0.717) is 16.9 Å². The van der Waals surface area contributed by atoms with Crippen LogP contribution in [0.3, 0.4) is 0 Å². The fourth-order valence-corrected chi connectivity index (χ4v) is 2.13. The second-order valence-corrected chi connectivity index (χ2v) is 5.23. The maximum absolute atomic E-state index is 12.3. The van der Waals surface area contributed by atoms with Crippen LogP contribution < -0.4 is 10.6 Å². The number of carbonyl (C=O) groups is 2. The molecular formula is C16H16N2O2S. The number of hydrogen-bond acceptors (Lipinski definition) is 3. The van der Waals surface area contributed by atoms with Crippen LogP contribution in [-0.2, 0) is 4.79 Å². The van der Waals surface area contributed by atoms with Crippen molar-refractivity contribution in [2.75, 3.05) is 10.6 Å². The molecular weight excluding hydrogens is 284 g/mol. The lowest BCUT2D eigenvalue weighted by Crippen LogP contribution is -2.14. The molecule has 2 aromatic carbocycles. The molecule has 5 heteroatoms. The van der Waals surface area contributed by atoms with Crippen molar-refractivity contribution in [2.45, 2.75) is 18.7 Å². The van der Waals surface area contributed by atoms with E-state index in [9.17, 15) is 9.59 Å². The molecule has 0 aliphatic rings. The van der Waals surface area contributed by atoms with Gasteiger partial charge in [-0.1, -0.05) is 12.1 Å². The summed E-state index contributed by atoms with van der Waals surface area (Å²) in [5.41, 5.74) is 2.71. The molecule has 0 fully saturated rings. The van der Waals surface area contributed by atoms with Crippen LogP contribution in [0.25, 0.3) is 0 Å². The van der Waals surface area contributed by atoms with E-state index in [0.717, 1.165) is 10.5 Å². The Balaban J connectivity index is 2.19. The van der Waals surface area contributed by atoms with Gasteiger partial charge < -0.3 is 10.6 Å². The predicted octanol–water partition coefficient (Wildman–Crippen LogP) is 3.49. The Bertz CT molecular complexity index is 698. The van der Waals surface area contributed by atoms with E-state index in [4.69, 9.17) is 0 Å². The van der Waals surface area contributed by atoms with Crippen molar-refractivity contribution in [3.63, 3.8) is 0 Å². The number of amides is 2. The van der Waals surface area contributed by atoms with E-state index in [1.165, 1.54) is 6.92 Å². The minimum atomic E-state index is -0.205. The van der Waals surface area contributed by atoms with Gasteiger partial charge in [0.15, 0.2) is 0 Å². The largest absolute Gasteiger partial charge is 0.326 e. The first-order valence-electron chi connectivity index (χ1n) is 6.44. The molecule has 2 amide bonds. The van der Waals surface area contributed by atoms with Crippen molar-refractivity contribution in [2.24, 2.45) is 0 Å². The molecule has 0 aliphatic heterocycles. The van der Waals surface area contributed by atoms with Crippen LogP contribution in [0.4, 0.5) is 11.4 Å². The van der Waals surface area contributed by atoms with Crippen LogP contribution in [-0.4, -0.2) is 11.8 Å². The molecule has 0 bridgehead atoms. The van der Waals surface area contributed by atoms with Crippen LogP contribution in [0.5, 0.6) is 0 Å². The summed E-state index contributed by atoms with van der Waals surface area (Å²) in [5, 5.41) is 5.49. The van der Waals surface area contributed by atoms with Crippen LogP contribution in [0, 0.1) is 6.92 Å². The molecule has 108 valence electrons. The molecule has 0 spiro atoms. The van der Waals surface area contributed by atoms with E-state index in [2.05, 4.69) is 23.3 Å². The summed E-state index contributed by atoms with van der Waals surface area (Å²) in [5.74, 6) is -0.361. The smallest absolute Gasteiger partial charge is 0.255 e. The van der Waals surface area contributed by atoms with E-state index in [1.807, 2.05) is 19.1 Å². The Labute approximate surface area is 129 Å². The van der Waals surface area contributed by atoms with Gasteiger partial charge >= 0.3 is 0 Å². The first-order chi connectivity index (χ1) is 9.95. The number of nitrogens with one attached hydrogen (secondary N) is 2. The third-order valence-corrected chi connectivity index (χ3v) is 3.18. The SMILES string of the molecule is CC(=O)Nc1cccc(NC(=O)c2cc(S)ccc2C)c1. The average Bonchev–Trinajstić information content (AvgIpc) is 2.41. The second-order valence-electron chi connectivity index (χ2n) is 4.72. The van der Waals surface area contributed by atoms with Gasteiger partial charge in [-0.25, -0.2) is 0 Å². The van der Waals surface area contributed by atoms with Gasteiger partial charge in [0.1, 0.15) is 0 Å². The van der Waals surface area contributed by atoms with Crippen molar-refractivity contribution in [3.05, 3.63) is 53.6 Å². The maximum atomic E-state index is 12.3. The molecule has 0 unspecified atom stereocenters. The fraction of sp³-hybridized carbons (Fsp3) is 0.125. The summed E-state index contributed by atoms with van der Waals surface area (Å²) in [6.45, 7) is 3.31. The molecule has 0 saturated heterocycles. The lowest BCUT2D eigenvalue weighted by molar-refractivity contribution is -0.114. The molecule has 4 nitrogen and oxygen atoms in total. The summed E-state index contributed by atoms with van der Waals surface area (Å²) < 4.78 is 0. The Morgan fingerprint density at radius 1 is 1.00 bits per heavy atom. The fourth-order valence-electron chi connectivity index (χ4n) is 1.93. The number of hydrogen-bond donors (Lipinski definition) is 3. The van der Waals surface area contributed by atoms with Gasteiger partial charge in [0.2, 0.25) is 5.91 Å². The molecule has 2 aromatic rings. The topological polar surface area (TPSA) is 58.2 Å². The van der Waals surface area contributed by atoms with Crippen LogP contribution in [0.15, 0.2) is 47.4 Å². The standard InChI is InChI=1S/C16H16N2O2S/c1-10-6-7-14(21)9-15(10)16(20)18-13-5-3-4-12(8-13)17-11(2)19/h3-9,21H,1-2H3,(H,17,19)(H,18,20). The molecule has 0 aromatic heterocycles. The maximum Gasteiger partial charge on any atom is 0.255 e. The molecule has 0 radical (unpaired) electrons. The van der Waals surface area contributed by atoms with Crippen LogP contribution in [0.2, 0.25) is 0 Å². The van der Waals surface area contributed by atoms with Crippen LogP contribution in [0.1, 0.15) is 22.8 Å². The van der Waals surface area contributed by atoms with Gasteiger partial charge in [-0.15, -0.1) is 12.6 Å². The Kier molecular flexibility index (Phi) is 4.65. The van der Waals surface area contributed by atoms with Gasteiger partial charge in [-0.3, -0.25) is 9.59 Å². The summed E-state index contributed by atoms with van der Waals surface area (Å²) in [6.07, 6.45) is 0. The monoisotopic (exact) mass is 300 g/mol. The molecule has 0 saturated carbocycles. The normalized spacial score (nSPS) is 10.0. The number of anilines is 2. The summed E-state index contributed by atoms with van der Waals surface area (Å²) >= 11 is 4.25. The zero-order chi connectivity index (χ0) is 15.4. The first-order valence-corrected chi connectivity index (χ1v) is 6.89. The first kappa shape index (κ1) is 15.1. The lowest BCUT2D eigenvalue weighted by Gasteiger charge is -2.10. The minimum Gasteiger partial charge on any atom is -0.326 e. The highest BCUT2D eigenvalue weighted by Gasteiger charge is 2.10. The number of rotatable bonds is 3. The van der Waals surface area contributed by atoms with Crippen molar-refractivity contribution >= 4 is 35.8 Å². The molecule has 0 atom stereocenters. The number of aryl methyl sites for hydroxylation is 1. The molecule has 21 heavy (non-hydrogen) atoms. The minimum absolute atomic E-state index is 0.155. The van der Waals surface area contributed by atoms with Crippen molar-refractivity contribution in [1.82, 2.24) is 0 Å². The second kappa shape index (κ2) is 6.45. The zero-order valence-corrected chi connectivity index (χ0v) is 12.7. The van der Waals surface area contributed by atoms with E-state index >= 15 is 0 Å². The molecule has 2 rings (SSSR count). The number of benzene rings is 2. The third kappa shape index (κ3) is 4.10. The third-order valence-electron chi connectivity index (χ3n) is 2.91. The highest BCUT2D eigenvalue weighted by Crippen LogP contribution is 2.18. The van der Waals surface area contributed by atoms with Gasteiger partial charge in [0.05, 0.1) is 0 Å². The van der Waals surface area contributed by atoms with Gasteiger partial charge in [0, 0.05) is 28.8 Å². The predicted molar refractivity (Wildman–Crippen MR) is 87.1 cm³/mol. The highest BCUT2D eigenvalue weighted by atomic mass is 32.1. The Morgan fingerprint density at radius 3 is 2.33 bits per heavy atom. The number of thiol groups is 1. The van der Waals surface area contributed by atoms with Crippen molar-refractivity contribution in [1.29, 1.82) is 0 Å². The zero-order valence-electron chi connectivity index (χ0n) is 11.8. The molecule has 2 N–H and O–H groups in total. The summed E-state index contributed by atoms with van der Waals surface area (Å²) in [7, 11) is 0. The van der Waals surface area contributed by atoms with E-state index < -0.39 is 0 Å². The van der Waals surface area contributed by atoms with Crippen molar-refractivity contribution in [3.8, 4) is 0 Å². The van der Waals surface area contributed by atoms with Gasteiger partial charge in [-0.05, 0) is 42.8 Å². The highest BCUT2D eigenvalue weighted by molar-refractivity contribution is 7.80. The van der Waals surface area contributed by atoms with Crippen LogP contribution >= 0.6 is 12.6 Å². The average molecular weight is 300 g/mol. The quantitative estimate of drug-likeness (QED) is 0.760. The lowest BCUT2D eigenvalue weighted by atomic mass is 10.1. The number of carbonyl (C=O) groups excluding carboxylic acids is 2. The van der Waals surface area contributed by atoms with E-state index in [1.54, 1.807) is 30.3 Å². The van der Waals surface area contributed by atoms with E-state index in [-0.39, 0.29) is 11.8 Å². The molecule has 0 aliphatic carbocycles. The van der Waals surface area contributed by atoms with Gasteiger partial charge in [-0.2, -0.15) is 0 Å². The van der Waals surface area contributed by atoms with Crippen molar-refractivity contribution < 1.29 is 9.59 Å². The van der Waals surface area contributed by atoms with Gasteiger partial charge in [0.25, 0.3) is 5.91 Å². The summed E-state index contributed by atoms with van der Waals surface area (Å²) in [4.78, 5) is 24.1. The Hall–Kier alpha value is -2.27. The Morgan fingerprint density at radius 2 is 1.67 bits per heavy atom. The molecule has 0 heterocycles.